The van der Waals surface area contributed by atoms with Gasteiger partial charge in [0, 0.05) is 6.04 Å². The first-order valence-corrected chi connectivity index (χ1v) is 6.66. The van der Waals surface area contributed by atoms with E-state index in [0.29, 0.717) is 17.2 Å². The second-order valence-electron chi connectivity index (χ2n) is 5.18. The molecule has 1 unspecified atom stereocenters. The Bertz CT molecular complexity index is 627. The maximum absolute atomic E-state index is 12.0. The minimum absolute atomic E-state index is 0.0243. The number of amides is 2. The molecular weight excluding hydrogens is 274 g/mol. The van der Waals surface area contributed by atoms with Crippen LogP contribution in [0.15, 0.2) is 17.1 Å². The zero-order valence-corrected chi connectivity index (χ0v) is 12.1. The molecule has 0 saturated heterocycles. The summed E-state index contributed by atoms with van der Waals surface area (Å²) in [4.78, 5) is 17.5. The van der Waals surface area contributed by atoms with Crippen molar-refractivity contribution in [2.45, 2.75) is 25.9 Å². The molecule has 0 bridgehead atoms. The molecule has 0 fully saturated rings. The van der Waals surface area contributed by atoms with Crippen LogP contribution in [0.1, 0.15) is 25.5 Å². The highest BCUT2D eigenvalue weighted by Gasteiger charge is 2.37. The van der Waals surface area contributed by atoms with E-state index in [1.165, 1.54) is 0 Å². The van der Waals surface area contributed by atoms with Crippen LogP contribution >= 0.6 is 0 Å². The lowest BCUT2D eigenvalue weighted by Gasteiger charge is -2.28. The Kier molecular flexibility index (Phi) is 3.12. The molecule has 7 nitrogen and oxygen atoms in total. The zero-order chi connectivity index (χ0) is 15.1. The summed E-state index contributed by atoms with van der Waals surface area (Å²) in [5, 5.41) is 0. The van der Waals surface area contributed by atoms with Crippen LogP contribution in [0.3, 0.4) is 0 Å². The fourth-order valence-corrected chi connectivity index (χ4v) is 2.64. The molecule has 2 N–H and O–H groups in total. The minimum Gasteiger partial charge on any atom is -0.493 e. The number of benzene rings is 1. The molecule has 2 aliphatic heterocycles. The highest BCUT2D eigenvalue weighted by atomic mass is 16.7. The first-order valence-electron chi connectivity index (χ1n) is 6.66. The van der Waals surface area contributed by atoms with Gasteiger partial charge in [-0.2, -0.15) is 4.99 Å². The normalized spacial score (nSPS) is 20.2. The lowest BCUT2D eigenvalue weighted by Crippen LogP contribution is -2.38. The van der Waals surface area contributed by atoms with Gasteiger partial charge in [-0.25, -0.2) is 4.79 Å². The highest BCUT2D eigenvalue weighted by molar-refractivity contribution is 6.03. The molecule has 1 atom stereocenters. The number of hydrogen-bond acceptors (Lipinski definition) is 5. The molecule has 0 radical (unpaired) electrons. The Morgan fingerprint density at radius 3 is 2.86 bits per heavy atom. The molecule has 0 aromatic heterocycles. The van der Waals surface area contributed by atoms with Crippen LogP contribution in [0.5, 0.6) is 17.2 Å². The molecule has 2 heterocycles. The number of nitrogens with zero attached hydrogens (tertiary/aromatic N) is 2. The van der Waals surface area contributed by atoms with Crippen molar-refractivity contribution in [1.82, 2.24) is 4.90 Å². The van der Waals surface area contributed by atoms with Gasteiger partial charge in [0.2, 0.25) is 12.5 Å². The molecule has 0 aliphatic carbocycles. The number of fused-ring (bicyclic) bond motifs is 1. The number of methoxy groups -OCH3 is 1. The van der Waals surface area contributed by atoms with Crippen molar-refractivity contribution >= 4 is 11.9 Å². The Balaban J connectivity index is 2.07. The Labute approximate surface area is 122 Å². The molecule has 1 aromatic rings. The molecule has 0 saturated carbocycles. The number of carbonyl (C=O) groups excluding carboxylic acids is 1. The minimum atomic E-state index is -0.416. The molecule has 7 heteroatoms. The van der Waals surface area contributed by atoms with Crippen LogP contribution in [0.4, 0.5) is 4.79 Å². The van der Waals surface area contributed by atoms with Gasteiger partial charge in [0.05, 0.1) is 7.11 Å². The summed E-state index contributed by atoms with van der Waals surface area (Å²) in [6.07, 6.45) is 0. The predicted octanol–water partition coefficient (Wildman–Crippen LogP) is 1.67. The van der Waals surface area contributed by atoms with Gasteiger partial charge in [0.1, 0.15) is 11.9 Å². The zero-order valence-electron chi connectivity index (χ0n) is 12.1. The van der Waals surface area contributed by atoms with Crippen molar-refractivity contribution in [3.05, 3.63) is 17.7 Å². The first-order chi connectivity index (χ1) is 10.0. The van der Waals surface area contributed by atoms with Crippen molar-refractivity contribution in [3.8, 4) is 17.2 Å². The van der Waals surface area contributed by atoms with Gasteiger partial charge < -0.3 is 24.8 Å². The maximum Gasteiger partial charge on any atom is 0.346 e. The summed E-state index contributed by atoms with van der Waals surface area (Å²) in [6.45, 7) is 3.99. The third-order valence-electron chi connectivity index (χ3n) is 3.56. The number of nitrogens with two attached hydrogens (primary N) is 1. The number of aliphatic imine (C=N–C) groups is 1. The van der Waals surface area contributed by atoms with Gasteiger partial charge in [-0.15, -0.1) is 0 Å². The van der Waals surface area contributed by atoms with Crippen LogP contribution in [-0.4, -0.2) is 36.7 Å². The van der Waals surface area contributed by atoms with Crippen molar-refractivity contribution in [3.63, 3.8) is 0 Å². The molecule has 21 heavy (non-hydrogen) atoms. The Morgan fingerprint density at radius 2 is 2.19 bits per heavy atom. The number of carbonyl (C=O) groups is 1. The average molecular weight is 291 g/mol. The maximum atomic E-state index is 12.0. The van der Waals surface area contributed by atoms with Crippen molar-refractivity contribution in [2.24, 2.45) is 10.7 Å². The summed E-state index contributed by atoms with van der Waals surface area (Å²) in [6, 6.07) is 2.84. The summed E-state index contributed by atoms with van der Waals surface area (Å²) < 4.78 is 16.1. The fourth-order valence-electron chi connectivity index (χ4n) is 2.64. The molecule has 1 aromatic carbocycles. The summed E-state index contributed by atoms with van der Waals surface area (Å²) in [7, 11) is 1.55. The number of ether oxygens (including phenoxy) is 3. The van der Waals surface area contributed by atoms with E-state index in [4.69, 9.17) is 19.9 Å². The van der Waals surface area contributed by atoms with Crippen molar-refractivity contribution in [2.75, 3.05) is 13.9 Å². The van der Waals surface area contributed by atoms with Crippen LogP contribution in [0, 0.1) is 0 Å². The molecule has 112 valence electrons. The number of rotatable bonds is 3. The highest BCUT2D eigenvalue weighted by Crippen LogP contribution is 2.44. The van der Waals surface area contributed by atoms with Crippen LogP contribution in [-0.2, 0) is 0 Å². The number of amidine groups is 1. The standard InChI is InChI=1S/C14H17N3O4/c1-7(2)17-11(13(15)16-14(17)18)8-4-9(19-3)12-10(5-8)20-6-21-12/h4-5,7,11H,6H2,1-3H3,(H2,15,16,18). The van der Waals surface area contributed by atoms with E-state index in [1.807, 2.05) is 19.9 Å². The van der Waals surface area contributed by atoms with Crippen molar-refractivity contribution < 1.29 is 19.0 Å². The molecular formula is C14H17N3O4. The van der Waals surface area contributed by atoms with Gasteiger partial charge in [0.25, 0.3) is 0 Å². The quantitative estimate of drug-likeness (QED) is 0.915. The Hall–Kier alpha value is -2.44. The fraction of sp³-hybridized carbons (Fsp3) is 0.429. The smallest absolute Gasteiger partial charge is 0.346 e. The number of hydrogen-bond donors (Lipinski definition) is 1. The lowest BCUT2D eigenvalue weighted by atomic mass is 10.0. The topological polar surface area (TPSA) is 86.4 Å². The van der Waals surface area contributed by atoms with Gasteiger partial charge in [0.15, 0.2) is 11.5 Å². The molecule has 2 aliphatic rings. The SMILES string of the molecule is COc1cc(C2C(N)=NC(=O)N2C(C)C)cc2c1OCO2. The van der Waals surface area contributed by atoms with Crippen molar-refractivity contribution in [1.29, 1.82) is 0 Å². The largest absolute Gasteiger partial charge is 0.493 e. The van der Waals surface area contributed by atoms with E-state index in [2.05, 4.69) is 4.99 Å². The Morgan fingerprint density at radius 1 is 1.43 bits per heavy atom. The van der Waals surface area contributed by atoms with E-state index in [-0.39, 0.29) is 24.7 Å². The average Bonchev–Trinajstić information content (AvgIpc) is 3.01. The van der Waals surface area contributed by atoms with E-state index in [0.717, 1.165) is 5.56 Å². The third-order valence-corrected chi connectivity index (χ3v) is 3.56. The first kappa shape index (κ1) is 13.5. The lowest BCUT2D eigenvalue weighted by molar-refractivity contribution is 0.171. The van der Waals surface area contributed by atoms with E-state index < -0.39 is 6.04 Å². The van der Waals surface area contributed by atoms with Gasteiger partial charge in [-0.3, -0.25) is 0 Å². The second-order valence-corrected chi connectivity index (χ2v) is 5.18. The summed E-state index contributed by atoms with van der Waals surface area (Å²) in [5.74, 6) is 1.97. The molecule has 2 amide bonds. The molecule has 3 rings (SSSR count). The summed E-state index contributed by atoms with van der Waals surface area (Å²) in [5.41, 5.74) is 6.73. The van der Waals surface area contributed by atoms with Crippen LogP contribution < -0.4 is 19.9 Å². The van der Waals surface area contributed by atoms with E-state index in [1.54, 1.807) is 18.1 Å². The van der Waals surface area contributed by atoms with Crippen LogP contribution in [0.2, 0.25) is 0 Å². The third kappa shape index (κ3) is 2.05. The van der Waals surface area contributed by atoms with Gasteiger partial charge in [-0.05, 0) is 31.5 Å². The monoisotopic (exact) mass is 291 g/mol. The van der Waals surface area contributed by atoms with E-state index in [9.17, 15) is 4.79 Å². The summed E-state index contributed by atoms with van der Waals surface area (Å²) >= 11 is 0. The van der Waals surface area contributed by atoms with Crippen LogP contribution in [0.25, 0.3) is 0 Å². The van der Waals surface area contributed by atoms with E-state index >= 15 is 0 Å². The predicted molar refractivity (Wildman–Crippen MR) is 75.9 cm³/mol. The molecule has 0 spiro atoms. The number of urea groups is 1. The van der Waals surface area contributed by atoms with Gasteiger partial charge >= 0.3 is 6.03 Å². The second kappa shape index (κ2) is 4.83. The van der Waals surface area contributed by atoms with Gasteiger partial charge in [-0.1, -0.05) is 0 Å².